The third-order valence-electron chi connectivity index (χ3n) is 17.7. The van der Waals surface area contributed by atoms with E-state index in [0.717, 1.165) is 146 Å². The van der Waals surface area contributed by atoms with E-state index in [1.165, 1.54) is 0 Å². The summed E-state index contributed by atoms with van der Waals surface area (Å²) < 4.78 is 8.28. The SMILES string of the molecule is O=C(OS(c1ccccc1)(c1c(-c2cccc3ccccc23)cc(-c2cccc3ccccc23)cc1-c1cccc2ccccc12)c1c(-c2cccc3ccccc23)cc(-c2cccc3ccccc23)cc1-c1cccc2ccccc12)c1ccccc1O. The van der Waals surface area contributed by atoms with Gasteiger partial charge in [0, 0.05) is 14.7 Å². The van der Waals surface area contributed by atoms with E-state index >= 15 is 4.79 Å². The Balaban J connectivity index is 1.21. The van der Waals surface area contributed by atoms with Crippen LogP contribution in [0.2, 0.25) is 0 Å². The van der Waals surface area contributed by atoms with Crippen LogP contribution < -0.4 is 0 Å². The molecule has 4 heteroatoms. The number of rotatable bonds is 11. The molecule has 0 aliphatic heterocycles. The maximum Gasteiger partial charge on any atom is 0.353 e. The van der Waals surface area contributed by atoms with Gasteiger partial charge in [-0.05, 0) is 190 Å². The van der Waals surface area contributed by atoms with E-state index in [1.54, 1.807) is 24.3 Å². The zero-order valence-corrected chi connectivity index (χ0v) is 49.2. The van der Waals surface area contributed by atoms with Crippen LogP contribution in [0.5, 0.6) is 5.75 Å². The van der Waals surface area contributed by atoms with E-state index < -0.39 is 16.3 Å². The molecule has 16 aromatic rings. The quantitative estimate of drug-likeness (QED) is 0.140. The molecular weight excluding hydrogens is 1100 g/mol. The Kier molecular flexibility index (Phi) is 13.3. The molecule has 420 valence electrons. The van der Waals surface area contributed by atoms with Gasteiger partial charge in [0.25, 0.3) is 0 Å². The van der Waals surface area contributed by atoms with Crippen molar-refractivity contribution in [3.63, 3.8) is 0 Å². The fourth-order valence-corrected chi connectivity index (χ4v) is 17.4. The lowest BCUT2D eigenvalue weighted by atomic mass is 9.88. The summed E-state index contributed by atoms with van der Waals surface area (Å²) in [7, 11) is -3.63. The van der Waals surface area contributed by atoms with E-state index in [0.29, 0.717) is 0 Å². The van der Waals surface area contributed by atoms with Crippen molar-refractivity contribution in [2.45, 2.75) is 14.7 Å². The molecule has 0 aliphatic carbocycles. The molecule has 1 N–H and O–H groups in total. The van der Waals surface area contributed by atoms with Crippen molar-refractivity contribution in [3.05, 3.63) is 339 Å². The molecule has 0 radical (unpaired) electrons. The number of fused-ring (bicyclic) bond motifs is 6. The largest absolute Gasteiger partial charge is 0.507 e. The summed E-state index contributed by atoms with van der Waals surface area (Å²) in [5.74, 6) is -0.845. The number of carbonyl (C=O) groups excluding carboxylic acids is 1. The van der Waals surface area contributed by atoms with E-state index in [4.69, 9.17) is 4.18 Å². The fourth-order valence-electron chi connectivity index (χ4n) is 13.7. The second kappa shape index (κ2) is 22.2. The predicted octanol–water partition coefficient (Wildman–Crippen LogP) is 23.4. The van der Waals surface area contributed by atoms with Gasteiger partial charge in [-0.1, -0.05) is 285 Å². The van der Waals surface area contributed by atoms with E-state index in [-0.39, 0.29) is 11.3 Å². The van der Waals surface area contributed by atoms with Crippen molar-refractivity contribution in [1.29, 1.82) is 0 Å². The summed E-state index contributed by atoms with van der Waals surface area (Å²) >= 11 is 0. The highest BCUT2D eigenvalue weighted by molar-refractivity contribution is 8.30. The van der Waals surface area contributed by atoms with Crippen LogP contribution >= 0.6 is 10.3 Å². The van der Waals surface area contributed by atoms with E-state index in [2.05, 4.69) is 303 Å². The highest BCUT2D eigenvalue weighted by Crippen LogP contribution is 2.77. The minimum atomic E-state index is -3.63. The van der Waals surface area contributed by atoms with Gasteiger partial charge in [-0.3, -0.25) is 0 Å². The van der Waals surface area contributed by atoms with Crippen molar-refractivity contribution < 1.29 is 14.1 Å². The number of aromatic hydroxyl groups is 1. The first-order chi connectivity index (χ1) is 44.0. The average Bonchev–Trinajstić information content (AvgIpc) is 0.742. The zero-order valence-electron chi connectivity index (χ0n) is 48.4. The van der Waals surface area contributed by atoms with Crippen molar-refractivity contribution >= 4 is 80.9 Å². The molecular formula is C85H56O3S. The lowest BCUT2D eigenvalue weighted by molar-refractivity contribution is 0.0754. The molecule has 89 heavy (non-hydrogen) atoms. The third-order valence-corrected chi connectivity index (χ3v) is 21.0. The Labute approximate surface area is 518 Å². The Morgan fingerprint density at radius 3 is 0.843 bits per heavy atom. The minimum Gasteiger partial charge on any atom is -0.507 e. The molecule has 0 atom stereocenters. The van der Waals surface area contributed by atoms with Gasteiger partial charge in [0.1, 0.15) is 11.3 Å². The predicted molar refractivity (Wildman–Crippen MR) is 373 cm³/mol. The summed E-state index contributed by atoms with van der Waals surface area (Å²) in [5.41, 5.74) is 11.6. The van der Waals surface area contributed by atoms with Crippen LogP contribution in [0.1, 0.15) is 10.4 Å². The van der Waals surface area contributed by atoms with Crippen LogP contribution in [0.25, 0.3) is 131 Å². The summed E-state index contributed by atoms with van der Waals surface area (Å²) in [4.78, 5) is 19.2. The minimum absolute atomic E-state index is 0.0527. The molecule has 0 amide bonds. The van der Waals surface area contributed by atoms with Gasteiger partial charge in [0.15, 0.2) is 0 Å². The molecule has 16 aromatic carbocycles. The van der Waals surface area contributed by atoms with Gasteiger partial charge >= 0.3 is 5.97 Å². The van der Waals surface area contributed by atoms with E-state index in [9.17, 15) is 5.11 Å². The van der Waals surface area contributed by atoms with Crippen molar-refractivity contribution in [1.82, 2.24) is 0 Å². The van der Waals surface area contributed by atoms with Gasteiger partial charge in [-0.2, -0.15) is 0 Å². The zero-order chi connectivity index (χ0) is 59.4. The third kappa shape index (κ3) is 9.11. The van der Waals surface area contributed by atoms with Crippen LogP contribution in [0.15, 0.2) is 348 Å². The fraction of sp³-hybridized carbons (Fsp3) is 0. The van der Waals surface area contributed by atoms with Crippen LogP contribution in [-0.2, 0) is 4.18 Å². The topological polar surface area (TPSA) is 46.5 Å². The molecule has 0 unspecified atom stereocenters. The number of phenolic OH excluding ortho intramolecular Hbond substituents is 1. The second-order valence-electron chi connectivity index (χ2n) is 22.7. The first-order valence-corrected chi connectivity index (χ1v) is 31.7. The first-order valence-electron chi connectivity index (χ1n) is 30.1. The van der Waals surface area contributed by atoms with Gasteiger partial charge in [-0.25, -0.2) is 4.79 Å². The lowest BCUT2D eigenvalue weighted by Gasteiger charge is -2.45. The molecule has 3 nitrogen and oxygen atoms in total. The van der Waals surface area contributed by atoms with Crippen molar-refractivity contribution in [2.75, 3.05) is 0 Å². The molecule has 16 rings (SSSR count). The summed E-state index contributed by atoms with van der Waals surface area (Å²) in [6, 6.07) is 118. The maximum atomic E-state index is 16.8. The number of carbonyl (C=O) groups is 1. The highest BCUT2D eigenvalue weighted by Gasteiger charge is 2.45. The Morgan fingerprint density at radius 2 is 0.517 bits per heavy atom. The molecule has 0 spiro atoms. The van der Waals surface area contributed by atoms with Gasteiger partial charge in [0.05, 0.1) is 0 Å². The molecule has 0 saturated carbocycles. The standard InChI is InChI=1S/C85H56O3S/c86-82-51-17-16-44-77(82)85(87)88-89(64-36-2-1-3-37-64,83-78(73-47-20-32-58-26-6-12-40-67(58)73)52-62(71-45-18-30-56-24-4-10-38-65(56)71)53-79(83)74-48-21-33-59-27-7-13-41-68(59)74)84-80(75-49-22-34-60-28-8-14-42-69(60)75)54-63(72-46-19-31-57-25-5-11-39-66(57)72)55-81(84)76-50-23-35-61-29-9-15-43-70(61)76/h1-55,86H. The van der Waals surface area contributed by atoms with Crippen LogP contribution in [-0.4, -0.2) is 11.1 Å². The van der Waals surface area contributed by atoms with Crippen molar-refractivity contribution in [2.24, 2.45) is 0 Å². The number of hydrogen-bond acceptors (Lipinski definition) is 3. The Morgan fingerprint density at radius 1 is 0.258 bits per heavy atom. The Hall–Kier alpha value is -11.3. The monoisotopic (exact) mass is 1160 g/mol. The van der Waals surface area contributed by atoms with Gasteiger partial charge < -0.3 is 9.29 Å². The number of benzene rings is 16. The summed E-state index contributed by atoms with van der Waals surface area (Å²) in [6.07, 6.45) is 0. The molecule has 0 bridgehead atoms. The number of hydrogen-bond donors (Lipinski definition) is 1. The normalized spacial score (nSPS) is 11.9. The highest BCUT2D eigenvalue weighted by atomic mass is 32.3. The molecule has 0 heterocycles. The van der Waals surface area contributed by atoms with Crippen LogP contribution in [0.4, 0.5) is 0 Å². The Bertz CT molecular complexity index is 4950. The molecule has 0 saturated heterocycles. The smallest absolute Gasteiger partial charge is 0.353 e. The van der Waals surface area contributed by atoms with Crippen LogP contribution in [0.3, 0.4) is 0 Å². The summed E-state index contributed by atoms with van der Waals surface area (Å²) in [5, 5.41) is 25.0. The summed E-state index contributed by atoms with van der Waals surface area (Å²) in [6.45, 7) is 0. The molecule has 0 fully saturated rings. The molecule has 0 aliphatic rings. The average molecular weight is 1160 g/mol. The van der Waals surface area contributed by atoms with E-state index in [1.807, 2.05) is 6.07 Å². The second-order valence-corrected chi connectivity index (χ2v) is 25.3. The van der Waals surface area contributed by atoms with Gasteiger partial charge in [0.2, 0.25) is 0 Å². The number of para-hydroxylation sites is 1. The van der Waals surface area contributed by atoms with Gasteiger partial charge in [-0.15, -0.1) is 0 Å². The molecule has 0 aromatic heterocycles. The van der Waals surface area contributed by atoms with Crippen molar-refractivity contribution in [3.8, 4) is 72.5 Å². The number of phenols is 1. The maximum absolute atomic E-state index is 16.8. The first kappa shape index (κ1) is 53.2. The lowest BCUT2D eigenvalue weighted by Crippen LogP contribution is -2.18. The van der Waals surface area contributed by atoms with Crippen LogP contribution in [0, 0.1) is 0 Å².